The smallest absolute Gasteiger partial charge is 0.326 e. The predicted octanol–water partition coefficient (Wildman–Crippen LogP) is 1.93. The summed E-state index contributed by atoms with van der Waals surface area (Å²) in [6.45, 7) is 0.0998. The fourth-order valence-electron chi connectivity index (χ4n) is 2.28. The molecule has 5 nitrogen and oxygen atoms in total. The van der Waals surface area contributed by atoms with E-state index in [1.807, 2.05) is 60.7 Å². The highest BCUT2D eigenvalue weighted by Gasteiger charge is 2.21. The van der Waals surface area contributed by atoms with Crippen molar-refractivity contribution >= 4 is 17.6 Å². The minimum atomic E-state index is -1.04. The highest BCUT2D eigenvalue weighted by Crippen LogP contribution is 2.10. The lowest BCUT2D eigenvalue weighted by molar-refractivity contribution is -0.141. The van der Waals surface area contributed by atoms with Crippen LogP contribution in [0.25, 0.3) is 0 Å². The summed E-state index contributed by atoms with van der Waals surface area (Å²) in [5, 5.41) is 11.9. The summed E-state index contributed by atoms with van der Waals surface area (Å²) in [5.74, 6) is -1.36. The van der Waals surface area contributed by atoms with Crippen molar-refractivity contribution in [1.82, 2.24) is 5.32 Å². The fourth-order valence-corrected chi connectivity index (χ4v) is 2.28. The highest BCUT2D eigenvalue weighted by atomic mass is 16.4. The number of carboxylic acid groups (broad SMARTS) is 1. The van der Waals surface area contributed by atoms with Gasteiger partial charge in [0.25, 0.3) is 0 Å². The van der Waals surface area contributed by atoms with Crippen LogP contribution in [0.15, 0.2) is 60.7 Å². The van der Waals surface area contributed by atoms with E-state index in [0.717, 1.165) is 11.3 Å². The second-order valence-corrected chi connectivity index (χ2v) is 5.34. The molecule has 2 aromatic rings. The van der Waals surface area contributed by atoms with E-state index in [0.29, 0.717) is 0 Å². The lowest BCUT2D eigenvalue weighted by atomic mass is 10.1. The standard InChI is InChI=1S/C18H20N2O3/c1-20(15-10-6-3-7-11-15)13-17(21)19-16(18(22)23)12-14-8-4-2-5-9-14/h2-11,16H,12-13H2,1H3,(H,19,21)(H,22,23)/t16-/m0/s1. The number of nitrogens with one attached hydrogen (secondary N) is 1. The van der Waals surface area contributed by atoms with Crippen LogP contribution in [0.2, 0.25) is 0 Å². The Kier molecular flexibility index (Phi) is 5.74. The third-order valence-electron chi connectivity index (χ3n) is 3.49. The molecule has 2 N–H and O–H groups in total. The lowest BCUT2D eigenvalue weighted by Crippen LogP contribution is -2.46. The molecule has 0 heterocycles. The molecule has 0 aliphatic rings. The predicted molar refractivity (Wildman–Crippen MR) is 89.4 cm³/mol. The van der Waals surface area contributed by atoms with Gasteiger partial charge in [0.15, 0.2) is 0 Å². The molecule has 0 saturated heterocycles. The molecule has 120 valence electrons. The van der Waals surface area contributed by atoms with E-state index in [9.17, 15) is 14.7 Å². The summed E-state index contributed by atoms with van der Waals surface area (Å²) >= 11 is 0. The zero-order valence-electron chi connectivity index (χ0n) is 13.0. The van der Waals surface area contributed by atoms with Gasteiger partial charge in [0.1, 0.15) is 6.04 Å². The van der Waals surface area contributed by atoms with E-state index >= 15 is 0 Å². The maximum Gasteiger partial charge on any atom is 0.326 e. The molecule has 5 heteroatoms. The first kappa shape index (κ1) is 16.5. The van der Waals surface area contributed by atoms with Gasteiger partial charge in [0.2, 0.25) is 5.91 Å². The van der Waals surface area contributed by atoms with Gasteiger partial charge in [0.05, 0.1) is 6.54 Å². The fraction of sp³-hybridized carbons (Fsp3) is 0.222. The molecule has 0 aliphatic heterocycles. The van der Waals surface area contributed by atoms with E-state index in [1.54, 1.807) is 11.9 Å². The van der Waals surface area contributed by atoms with Gasteiger partial charge in [-0.15, -0.1) is 0 Å². The third kappa shape index (κ3) is 5.14. The van der Waals surface area contributed by atoms with Crippen molar-refractivity contribution in [2.24, 2.45) is 0 Å². The molecule has 2 aromatic carbocycles. The zero-order chi connectivity index (χ0) is 16.7. The summed E-state index contributed by atoms with van der Waals surface area (Å²) in [4.78, 5) is 25.3. The number of amides is 1. The lowest BCUT2D eigenvalue weighted by Gasteiger charge is -2.21. The number of para-hydroxylation sites is 1. The number of hydrogen-bond donors (Lipinski definition) is 2. The number of carbonyl (C=O) groups is 2. The molecular weight excluding hydrogens is 292 g/mol. The van der Waals surface area contributed by atoms with Gasteiger partial charge >= 0.3 is 5.97 Å². The second-order valence-electron chi connectivity index (χ2n) is 5.34. The maximum atomic E-state index is 12.1. The molecule has 0 spiro atoms. The van der Waals surface area contributed by atoms with Crippen LogP contribution in [0.4, 0.5) is 5.69 Å². The number of nitrogens with zero attached hydrogens (tertiary/aromatic N) is 1. The number of benzene rings is 2. The van der Waals surface area contributed by atoms with Crippen LogP contribution in [0, 0.1) is 0 Å². The summed E-state index contributed by atoms with van der Waals surface area (Å²) in [5.41, 5.74) is 1.77. The Labute approximate surface area is 135 Å². The molecule has 0 bridgehead atoms. The molecule has 0 aliphatic carbocycles. The minimum Gasteiger partial charge on any atom is -0.480 e. The Morgan fingerprint density at radius 3 is 2.17 bits per heavy atom. The van der Waals surface area contributed by atoms with Crippen LogP contribution in [0.5, 0.6) is 0 Å². The molecule has 0 fully saturated rings. The van der Waals surface area contributed by atoms with Gasteiger partial charge in [0, 0.05) is 19.2 Å². The average Bonchev–Trinajstić information content (AvgIpc) is 2.56. The Bertz CT molecular complexity index is 644. The Balaban J connectivity index is 1.94. The average molecular weight is 312 g/mol. The monoisotopic (exact) mass is 312 g/mol. The minimum absolute atomic E-state index is 0.0998. The van der Waals surface area contributed by atoms with E-state index in [-0.39, 0.29) is 18.9 Å². The van der Waals surface area contributed by atoms with Crippen molar-refractivity contribution in [3.63, 3.8) is 0 Å². The van der Waals surface area contributed by atoms with Gasteiger partial charge in [-0.3, -0.25) is 4.79 Å². The number of hydrogen-bond acceptors (Lipinski definition) is 3. The molecule has 1 atom stereocenters. The number of carbonyl (C=O) groups excluding carboxylic acids is 1. The Hall–Kier alpha value is -2.82. The highest BCUT2D eigenvalue weighted by molar-refractivity contribution is 5.86. The van der Waals surface area contributed by atoms with Crippen LogP contribution < -0.4 is 10.2 Å². The van der Waals surface area contributed by atoms with Crippen LogP contribution in [0.1, 0.15) is 5.56 Å². The largest absolute Gasteiger partial charge is 0.480 e. The molecule has 2 rings (SSSR count). The Morgan fingerprint density at radius 1 is 1.04 bits per heavy atom. The SMILES string of the molecule is CN(CC(=O)N[C@@H](Cc1ccccc1)C(=O)O)c1ccccc1. The van der Waals surface area contributed by atoms with Crippen LogP contribution in [-0.2, 0) is 16.0 Å². The van der Waals surface area contributed by atoms with Crippen molar-refractivity contribution in [3.8, 4) is 0 Å². The van der Waals surface area contributed by atoms with Crippen molar-refractivity contribution < 1.29 is 14.7 Å². The number of anilines is 1. The second kappa shape index (κ2) is 7.98. The molecule has 0 saturated carbocycles. The summed E-state index contributed by atoms with van der Waals surface area (Å²) < 4.78 is 0. The molecule has 0 unspecified atom stereocenters. The van der Waals surface area contributed by atoms with Crippen molar-refractivity contribution in [1.29, 1.82) is 0 Å². The van der Waals surface area contributed by atoms with E-state index < -0.39 is 12.0 Å². The molecule has 23 heavy (non-hydrogen) atoms. The van der Waals surface area contributed by atoms with Crippen molar-refractivity contribution in [2.45, 2.75) is 12.5 Å². The molecule has 0 aromatic heterocycles. The van der Waals surface area contributed by atoms with E-state index in [4.69, 9.17) is 0 Å². The first-order chi connectivity index (χ1) is 11.1. The van der Waals surface area contributed by atoms with Gasteiger partial charge in [-0.2, -0.15) is 0 Å². The maximum absolute atomic E-state index is 12.1. The van der Waals surface area contributed by atoms with Gasteiger partial charge in [-0.05, 0) is 17.7 Å². The number of aliphatic carboxylic acids is 1. The first-order valence-corrected chi connectivity index (χ1v) is 7.38. The normalized spacial score (nSPS) is 11.5. The molecule has 1 amide bonds. The van der Waals surface area contributed by atoms with Gasteiger partial charge < -0.3 is 15.3 Å². The molecular formula is C18H20N2O3. The van der Waals surface area contributed by atoms with E-state index in [1.165, 1.54) is 0 Å². The van der Waals surface area contributed by atoms with Gasteiger partial charge in [-0.1, -0.05) is 48.5 Å². The summed E-state index contributed by atoms with van der Waals surface area (Å²) in [6.07, 6.45) is 0.261. The van der Waals surface area contributed by atoms with Crippen LogP contribution in [0.3, 0.4) is 0 Å². The molecule has 0 radical (unpaired) electrons. The van der Waals surface area contributed by atoms with Crippen molar-refractivity contribution in [2.75, 3.05) is 18.5 Å². The number of likely N-dealkylation sites (N-methyl/N-ethyl adjacent to an activating group) is 1. The zero-order valence-corrected chi connectivity index (χ0v) is 13.0. The quantitative estimate of drug-likeness (QED) is 0.820. The number of carboxylic acids is 1. The van der Waals surface area contributed by atoms with Crippen LogP contribution in [-0.4, -0.2) is 36.6 Å². The Morgan fingerprint density at radius 2 is 1.61 bits per heavy atom. The summed E-state index contributed by atoms with van der Waals surface area (Å²) in [7, 11) is 1.79. The first-order valence-electron chi connectivity index (χ1n) is 7.38. The van der Waals surface area contributed by atoms with Gasteiger partial charge in [-0.25, -0.2) is 4.79 Å². The summed E-state index contributed by atoms with van der Waals surface area (Å²) in [6, 6.07) is 17.8. The third-order valence-corrected chi connectivity index (χ3v) is 3.49. The topological polar surface area (TPSA) is 69.6 Å². The van der Waals surface area contributed by atoms with E-state index in [2.05, 4.69) is 5.32 Å². The van der Waals surface area contributed by atoms with Crippen LogP contribution >= 0.6 is 0 Å². The van der Waals surface area contributed by atoms with Crippen molar-refractivity contribution in [3.05, 3.63) is 66.2 Å². The number of rotatable bonds is 7.